The summed E-state index contributed by atoms with van der Waals surface area (Å²) in [6.07, 6.45) is 0.0290. The van der Waals surface area contributed by atoms with Gasteiger partial charge in [-0.25, -0.2) is 4.98 Å². The lowest BCUT2D eigenvalue weighted by Crippen LogP contribution is -2.50. The number of nitrogens with zero attached hydrogens (tertiary/aromatic N) is 2. The van der Waals surface area contributed by atoms with Gasteiger partial charge < -0.3 is 9.64 Å². The number of carbonyl (C=O) groups excluding carboxylic acids is 1. The van der Waals surface area contributed by atoms with Gasteiger partial charge in [0.25, 0.3) is 5.91 Å². The molecule has 2 heterocycles. The predicted molar refractivity (Wildman–Crippen MR) is 108 cm³/mol. The van der Waals surface area contributed by atoms with Crippen LogP contribution in [0.25, 0.3) is 22.2 Å². The van der Waals surface area contributed by atoms with Crippen molar-refractivity contribution in [3.63, 3.8) is 0 Å². The summed E-state index contributed by atoms with van der Waals surface area (Å²) >= 11 is 6.38. The maximum atomic E-state index is 13.4. The molecule has 0 radical (unpaired) electrons. The van der Waals surface area contributed by atoms with Gasteiger partial charge in [-0.15, -0.1) is 0 Å². The fourth-order valence-corrected chi connectivity index (χ4v) is 3.73. The van der Waals surface area contributed by atoms with Crippen molar-refractivity contribution < 1.29 is 9.53 Å². The van der Waals surface area contributed by atoms with E-state index in [0.717, 1.165) is 16.5 Å². The van der Waals surface area contributed by atoms with Crippen LogP contribution in [0.2, 0.25) is 5.02 Å². The van der Waals surface area contributed by atoms with Crippen LogP contribution >= 0.6 is 11.6 Å². The highest BCUT2D eigenvalue weighted by Gasteiger charge is 2.29. The molecule has 1 aliphatic heterocycles. The van der Waals surface area contributed by atoms with E-state index in [9.17, 15) is 4.79 Å². The average Bonchev–Trinajstić information content (AvgIpc) is 2.69. The summed E-state index contributed by atoms with van der Waals surface area (Å²) in [5, 5.41) is 1.47. The number of carbonyl (C=O) groups is 1. The average molecular weight is 381 g/mol. The summed E-state index contributed by atoms with van der Waals surface area (Å²) in [4.78, 5) is 20.1. The number of morpholine rings is 1. The minimum atomic E-state index is 0.00422. The summed E-state index contributed by atoms with van der Waals surface area (Å²) in [5.74, 6) is 0.00422. The number of aromatic nitrogens is 1. The van der Waals surface area contributed by atoms with E-state index in [1.165, 1.54) is 0 Å². The minimum absolute atomic E-state index is 0.00422. The summed E-state index contributed by atoms with van der Waals surface area (Å²) < 4.78 is 5.68. The van der Waals surface area contributed by atoms with Crippen LogP contribution < -0.4 is 0 Å². The number of hydrogen-bond donors (Lipinski definition) is 0. The second kappa shape index (κ2) is 7.29. The Morgan fingerprint density at radius 2 is 1.89 bits per heavy atom. The van der Waals surface area contributed by atoms with E-state index < -0.39 is 0 Å². The first-order chi connectivity index (χ1) is 13.0. The normalized spacial score (nSPS) is 20.0. The lowest BCUT2D eigenvalue weighted by atomic mass is 10.0. The van der Waals surface area contributed by atoms with Crippen LogP contribution in [0.5, 0.6) is 0 Å². The molecular formula is C22H21ClN2O2. The van der Waals surface area contributed by atoms with Gasteiger partial charge >= 0.3 is 0 Å². The molecule has 138 valence electrons. The molecule has 4 rings (SSSR count). The molecule has 1 amide bonds. The maximum Gasteiger partial charge on any atom is 0.255 e. The molecule has 0 aliphatic carbocycles. The molecule has 2 unspecified atom stereocenters. The molecule has 5 heteroatoms. The highest BCUT2D eigenvalue weighted by Crippen LogP contribution is 2.30. The van der Waals surface area contributed by atoms with E-state index >= 15 is 0 Å². The van der Waals surface area contributed by atoms with E-state index in [4.69, 9.17) is 21.3 Å². The van der Waals surface area contributed by atoms with Crippen LogP contribution in [-0.2, 0) is 4.74 Å². The van der Waals surface area contributed by atoms with E-state index in [-0.39, 0.29) is 18.1 Å². The van der Waals surface area contributed by atoms with E-state index in [1.807, 2.05) is 73.3 Å². The van der Waals surface area contributed by atoms with Crippen LogP contribution in [0.1, 0.15) is 24.2 Å². The van der Waals surface area contributed by atoms with E-state index in [1.54, 1.807) is 0 Å². The van der Waals surface area contributed by atoms with Gasteiger partial charge in [0, 0.05) is 22.5 Å². The lowest BCUT2D eigenvalue weighted by molar-refractivity contribution is -0.0386. The summed E-state index contributed by atoms with van der Waals surface area (Å²) in [6.45, 7) is 5.14. The van der Waals surface area contributed by atoms with Gasteiger partial charge in [0.2, 0.25) is 0 Å². The molecule has 1 fully saturated rings. The molecule has 1 aromatic heterocycles. The zero-order chi connectivity index (χ0) is 19.0. The van der Waals surface area contributed by atoms with Gasteiger partial charge in [0.15, 0.2) is 0 Å². The first-order valence-electron chi connectivity index (χ1n) is 9.12. The quantitative estimate of drug-likeness (QED) is 0.641. The predicted octanol–water partition coefficient (Wildman–Crippen LogP) is 4.80. The fraction of sp³-hybridized carbons (Fsp3) is 0.273. The van der Waals surface area contributed by atoms with Crippen LogP contribution in [0.4, 0.5) is 0 Å². The highest BCUT2D eigenvalue weighted by atomic mass is 35.5. The fourth-order valence-electron chi connectivity index (χ4n) is 3.50. The van der Waals surface area contributed by atoms with Crippen molar-refractivity contribution in [2.24, 2.45) is 0 Å². The van der Waals surface area contributed by atoms with Gasteiger partial charge in [-0.3, -0.25) is 4.79 Å². The first kappa shape index (κ1) is 18.0. The van der Waals surface area contributed by atoms with Crippen LogP contribution in [0.3, 0.4) is 0 Å². The van der Waals surface area contributed by atoms with Crippen molar-refractivity contribution in [1.29, 1.82) is 0 Å². The number of fused-ring (bicyclic) bond motifs is 1. The topological polar surface area (TPSA) is 42.4 Å². The molecule has 2 atom stereocenters. The highest BCUT2D eigenvalue weighted by molar-refractivity contribution is 6.33. The van der Waals surface area contributed by atoms with Crippen LogP contribution in [-0.4, -0.2) is 41.1 Å². The van der Waals surface area contributed by atoms with Crippen molar-refractivity contribution in [3.05, 3.63) is 65.2 Å². The van der Waals surface area contributed by atoms with Crippen molar-refractivity contribution in [2.75, 3.05) is 13.2 Å². The number of benzene rings is 2. The third-order valence-electron chi connectivity index (χ3n) is 4.97. The largest absolute Gasteiger partial charge is 0.375 e. The first-order valence-corrected chi connectivity index (χ1v) is 9.49. The summed E-state index contributed by atoms with van der Waals surface area (Å²) in [7, 11) is 0. The van der Waals surface area contributed by atoms with Crippen molar-refractivity contribution in [3.8, 4) is 11.3 Å². The third kappa shape index (κ3) is 3.43. The second-order valence-corrected chi connectivity index (χ2v) is 7.41. The minimum Gasteiger partial charge on any atom is -0.375 e. The van der Waals surface area contributed by atoms with E-state index in [0.29, 0.717) is 29.4 Å². The molecule has 27 heavy (non-hydrogen) atoms. The second-order valence-electron chi connectivity index (χ2n) is 7.00. The number of amides is 1. The molecule has 0 saturated carbocycles. The maximum absolute atomic E-state index is 13.4. The molecule has 3 aromatic rings. The molecule has 1 saturated heterocycles. The van der Waals surface area contributed by atoms with Crippen LogP contribution in [0.15, 0.2) is 54.6 Å². The van der Waals surface area contributed by atoms with Crippen molar-refractivity contribution >= 4 is 28.4 Å². The lowest BCUT2D eigenvalue weighted by Gasteiger charge is -2.37. The molecule has 0 bridgehead atoms. The van der Waals surface area contributed by atoms with Crippen molar-refractivity contribution in [2.45, 2.75) is 26.0 Å². The molecule has 2 aromatic carbocycles. The Bertz CT molecular complexity index is 1000. The van der Waals surface area contributed by atoms with Gasteiger partial charge in [-0.1, -0.05) is 48.0 Å². The monoisotopic (exact) mass is 380 g/mol. The zero-order valence-corrected chi connectivity index (χ0v) is 16.1. The number of rotatable bonds is 2. The Kier molecular flexibility index (Phi) is 4.85. The Morgan fingerprint density at radius 1 is 1.15 bits per heavy atom. The van der Waals surface area contributed by atoms with Gasteiger partial charge in [-0.05, 0) is 32.0 Å². The number of hydrogen-bond acceptors (Lipinski definition) is 3. The smallest absolute Gasteiger partial charge is 0.255 e. The van der Waals surface area contributed by atoms with Gasteiger partial charge in [0.1, 0.15) is 0 Å². The zero-order valence-electron chi connectivity index (χ0n) is 15.4. The Labute approximate surface area is 163 Å². The van der Waals surface area contributed by atoms with Crippen LogP contribution in [0, 0.1) is 0 Å². The Morgan fingerprint density at radius 3 is 2.70 bits per heavy atom. The molecule has 0 spiro atoms. The SMILES string of the molecule is CC1CN(C(=O)c2cc(-c3ccccc3Cl)nc3ccccc23)C(C)CO1. The molecule has 4 nitrogen and oxygen atoms in total. The van der Waals surface area contributed by atoms with Gasteiger partial charge in [-0.2, -0.15) is 0 Å². The summed E-state index contributed by atoms with van der Waals surface area (Å²) in [6, 6.07) is 17.2. The molecular weight excluding hydrogens is 360 g/mol. The number of ether oxygens (including phenoxy) is 1. The van der Waals surface area contributed by atoms with Crippen molar-refractivity contribution in [1.82, 2.24) is 9.88 Å². The summed E-state index contributed by atoms with van der Waals surface area (Å²) in [5.41, 5.74) is 2.96. The van der Waals surface area contributed by atoms with E-state index in [2.05, 4.69) is 0 Å². The number of halogens is 1. The molecule has 0 N–H and O–H groups in total. The Hall–Kier alpha value is -2.43. The Balaban J connectivity index is 1.86. The standard InChI is InChI=1S/C22H21ClN2O2/c1-14-13-27-15(2)12-25(14)22(26)18-11-21(17-8-3-5-9-19(17)23)24-20-10-6-4-7-16(18)20/h3-11,14-15H,12-13H2,1-2H3. The number of pyridine rings is 1. The number of para-hydroxylation sites is 1. The third-order valence-corrected chi connectivity index (χ3v) is 5.29. The van der Waals surface area contributed by atoms with Gasteiger partial charge in [0.05, 0.1) is 35.5 Å². The molecule has 1 aliphatic rings.